The van der Waals surface area contributed by atoms with Crippen LogP contribution >= 0.6 is 44.9 Å². The number of non-ortho nitro benzene ring substituents is 1. The molecule has 0 spiro atoms. The van der Waals surface area contributed by atoms with Gasteiger partial charge >= 0.3 is 0 Å². The third-order valence-corrected chi connectivity index (χ3v) is 4.82. The van der Waals surface area contributed by atoms with Gasteiger partial charge in [0.2, 0.25) is 0 Å². The molecule has 0 aromatic heterocycles. The van der Waals surface area contributed by atoms with E-state index in [4.69, 9.17) is 0 Å². The Balaban J connectivity index is 0.000000253. The Morgan fingerprint density at radius 1 is 0.913 bits per heavy atom. The molecule has 0 heterocycles. The molecule has 2 aromatic carbocycles. The maximum absolute atomic E-state index is 10.5. The molecule has 0 aliphatic carbocycles. The van der Waals surface area contributed by atoms with Gasteiger partial charge < -0.3 is 0 Å². The molecule has 0 radical (unpaired) electrons. The third kappa shape index (κ3) is 6.34. The number of hydrogen-bond donors (Lipinski definition) is 2. The standard InChI is InChI=1S/C7H8S2.C6H4N2O4S2/c1-6-2-4-7(9-8)5-3-6;9-7(10)4-1-2-6(14-13)5(3-4)8(11)12/h2-5,8H,1H3;1-3,13H. The Morgan fingerprint density at radius 3 is 1.96 bits per heavy atom. The Morgan fingerprint density at radius 2 is 1.52 bits per heavy atom. The van der Waals surface area contributed by atoms with Crippen LogP contribution in [-0.4, -0.2) is 9.85 Å². The van der Waals surface area contributed by atoms with E-state index in [1.165, 1.54) is 33.4 Å². The molecule has 0 unspecified atom stereocenters. The summed E-state index contributed by atoms with van der Waals surface area (Å²) < 4.78 is 0. The summed E-state index contributed by atoms with van der Waals surface area (Å²) >= 11 is 7.86. The van der Waals surface area contributed by atoms with Crippen LogP contribution in [0.2, 0.25) is 0 Å². The molecule has 122 valence electrons. The number of aryl methyl sites for hydroxylation is 1. The van der Waals surface area contributed by atoms with Crippen LogP contribution < -0.4 is 0 Å². The van der Waals surface area contributed by atoms with Crippen molar-refractivity contribution in [3.8, 4) is 0 Å². The van der Waals surface area contributed by atoms with Crippen molar-refractivity contribution in [2.24, 2.45) is 0 Å². The second-order valence-electron chi connectivity index (χ2n) is 4.16. The van der Waals surface area contributed by atoms with Gasteiger partial charge in [0.1, 0.15) is 0 Å². The molecule has 0 amide bonds. The van der Waals surface area contributed by atoms with Gasteiger partial charge in [-0.1, -0.05) is 39.3 Å². The smallest absolute Gasteiger partial charge is 0.258 e. The topological polar surface area (TPSA) is 86.3 Å². The van der Waals surface area contributed by atoms with Crippen molar-refractivity contribution in [1.82, 2.24) is 0 Å². The highest BCUT2D eigenvalue weighted by atomic mass is 33.1. The zero-order chi connectivity index (χ0) is 17.4. The van der Waals surface area contributed by atoms with E-state index in [1.807, 2.05) is 0 Å². The summed E-state index contributed by atoms with van der Waals surface area (Å²) in [6, 6.07) is 11.7. The summed E-state index contributed by atoms with van der Waals surface area (Å²) in [4.78, 5) is 20.9. The minimum atomic E-state index is -0.681. The summed E-state index contributed by atoms with van der Waals surface area (Å²) in [6.45, 7) is 2.08. The van der Waals surface area contributed by atoms with E-state index >= 15 is 0 Å². The van der Waals surface area contributed by atoms with E-state index in [2.05, 4.69) is 54.5 Å². The maximum atomic E-state index is 10.5. The lowest BCUT2D eigenvalue weighted by molar-refractivity contribution is -0.396. The first-order valence-corrected chi connectivity index (χ1v) is 9.75. The van der Waals surface area contributed by atoms with Crippen molar-refractivity contribution in [1.29, 1.82) is 0 Å². The summed E-state index contributed by atoms with van der Waals surface area (Å²) in [7, 11) is 2.35. The summed E-state index contributed by atoms with van der Waals surface area (Å²) in [5, 5.41) is 20.8. The normalized spacial score (nSPS) is 9.70. The highest BCUT2D eigenvalue weighted by Crippen LogP contribution is 2.33. The van der Waals surface area contributed by atoms with Gasteiger partial charge in [0, 0.05) is 11.0 Å². The van der Waals surface area contributed by atoms with E-state index in [1.54, 1.807) is 0 Å². The van der Waals surface area contributed by atoms with Crippen LogP contribution in [0.3, 0.4) is 0 Å². The van der Waals surface area contributed by atoms with Crippen LogP contribution in [0.15, 0.2) is 52.3 Å². The number of benzene rings is 2. The first kappa shape index (κ1) is 19.7. The predicted molar refractivity (Wildman–Crippen MR) is 101 cm³/mol. The van der Waals surface area contributed by atoms with Crippen LogP contribution in [0.25, 0.3) is 0 Å². The lowest BCUT2D eigenvalue weighted by Gasteiger charge is -1.97. The van der Waals surface area contributed by atoms with E-state index in [0.29, 0.717) is 0 Å². The quantitative estimate of drug-likeness (QED) is 0.317. The van der Waals surface area contributed by atoms with Crippen molar-refractivity contribution in [3.05, 3.63) is 68.3 Å². The average Bonchev–Trinajstić information content (AvgIpc) is 2.55. The zero-order valence-corrected chi connectivity index (χ0v) is 15.2. The van der Waals surface area contributed by atoms with Crippen LogP contribution in [0.1, 0.15) is 5.56 Å². The number of nitro groups is 2. The maximum Gasteiger partial charge on any atom is 0.290 e. The van der Waals surface area contributed by atoms with Crippen LogP contribution in [0, 0.1) is 27.2 Å². The Hall–Kier alpha value is -1.36. The number of nitro benzene ring substituents is 2. The van der Waals surface area contributed by atoms with Crippen LogP contribution in [0.4, 0.5) is 11.4 Å². The molecule has 0 N–H and O–H groups in total. The Labute approximate surface area is 151 Å². The molecule has 0 bridgehead atoms. The van der Waals surface area contributed by atoms with Crippen molar-refractivity contribution in [2.45, 2.75) is 16.7 Å². The van der Waals surface area contributed by atoms with Gasteiger partial charge in [-0.25, -0.2) is 0 Å². The first-order valence-electron chi connectivity index (χ1n) is 6.01. The highest BCUT2D eigenvalue weighted by Gasteiger charge is 2.18. The molecule has 23 heavy (non-hydrogen) atoms. The average molecular weight is 389 g/mol. The lowest BCUT2D eigenvalue weighted by Crippen LogP contribution is -1.93. The lowest BCUT2D eigenvalue weighted by atomic mass is 10.2. The molecule has 0 saturated carbocycles. The highest BCUT2D eigenvalue weighted by molar-refractivity contribution is 8.68. The number of nitrogens with zero attached hydrogens (tertiary/aromatic N) is 2. The molecule has 0 atom stereocenters. The van der Waals surface area contributed by atoms with E-state index < -0.39 is 9.85 Å². The van der Waals surface area contributed by atoms with Gasteiger partial charge in [-0.05, 0) is 25.1 Å². The first-order chi connectivity index (χ1) is 10.9. The zero-order valence-electron chi connectivity index (χ0n) is 11.8. The number of rotatable bonds is 4. The molecule has 0 aliphatic rings. The fraction of sp³-hybridized carbons (Fsp3) is 0.0769. The van der Waals surface area contributed by atoms with Gasteiger partial charge in [0.25, 0.3) is 11.4 Å². The summed E-state index contributed by atoms with van der Waals surface area (Å²) in [6.07, 6.45) is 0. The molecule has 6 nitrogen and oxygen atoms in total. The van der Waals surface area contributed by atoms with Gasteiger partial charge in [0.15, 0.2) is 0 Å². The van der Waals surface area contributed by atoms with E-state index in [9.17, 15) is 20.2 Å². The fourth-order valence-corrected chi connectivity index (χ4v) is 2.88. The Kier molecular flexibility index (Phi) is 8.31. The molecule has 0 aliphatic heterocycles. The van der Waals surface area contributed by atoms with Crippen molar-refractivity contribution >= 4 is 56.3 Å². The van der Waals surface area contributed by atoms with Gasteiger partial charge in [-0.2, -0.15) is 0 Å². The van der Waals surface area contributed by atoms with E-state index in [0.717, 1.165) is 16.9 Å². The van der Waals surface area contributed by atoms with Gasteiger partial charge in [0.05, 0.1) is 20.8 Å². The molecule has 0 fully saturated rings. The largest absolute Gasteiger partial charge is 0.290 e. The third-order valence-electron chi connectivity index (χ3n) is 2.57. The molecule has 2 rings (SSSR count). The molecule has 2 aromatic rings. The van der Waals surface area contributed by atoms with Gasteiger partial charge in [-0.15, -0.1) is 23.3 Å². The molecule has 10 heteroatoms. The predicted octanol–water partition coefficient (Wildman–Crippen LogP) is 5.37. The monoisotopic (exact) mass is 388 g/mol. The Bertz CT molecular complexity index is 695. The van der Waals surface area contributed by atoms with Crippen molar-refractivity contribution in [2.75, 3.05) is 0 Å². The fourth-order valence-electron chi connectivity index (χ4n) is 1.44. The number of hydrogen-bond acceptors (Lipinski definition) is 8. The SMILES string of the molecule is Cc1ccc(SS)cc1.O=[N+]([O-])c1ccc(SS)c([N+](=O)[O-])c1. The number of thiol groups is 2. The van der Waals surface area contributed by atoms with Gasteiger partial charge in [-0.3, -0.25) is 20.2 Å². The van der Waals surface area contributed by atoms with Crippen LogP contribution in [0.5, 0.6) is 0 Å². The second kappa shape index (κ2) is 9.71. The second-order valence-corrected chi connectivity index (χ2v) is 6.53. The molecule has 0 saturated heterocycles. The molecular weight excluding hydrogens is 376 g/mol. The van der Waals surface area contributed by atoms with E-state index in [-0.39, 0.29) is 16.3 Å². The summed E-state index contributed by atoms with van der Waals surface area (Å²) in [5.74, 6) is 0. The molecular formula is C13H12N2O4S4. The van der Waals surface area contributed by atoms with Crippen LogP contribution in [-0.2, 0) is 0 Å². The van der Waals surface area contributed by atoms with Crippen molar-refractivity contribution < 1.29 is 9.85 Å². The summed E-state index contributed by atoms with van der Waals surface area (Å²) in [5.41, 5.74) is 0.683. The minimum Gasteiger partial charge on any atom is -0.258 e. The van der Waals surface area contributed by atoms with Crippen molar-refractivity contribution in [3.63, 3.8) is 0 Å². The minimum absolute atomic E-state index is 0.281.